The highest BCUT2D eigenvalue weighted by molar-refractivity contribution is 5.76. The van der Waals surface area contributed by atoms with Gasteiger partial charge in [-0.2, -0.15) is 0 Å². The Labute approximate surface area is 116 Å². The van der Waals surface area contributed by atoms with Gasteiger partial charge in [0.05, 0.1) is 0 Å². The summed E-state index contributed by atoms with van der Waals surface area (Å²) in [6.45, 7) is 6.87. The Hall–Kier alpha value is -1.35. The van der Waals surface area contributed by atoms with Gasteiger partial charge in [0.15, 0.2) is 0 Å². The van der Waals surface area contributed by atoms with E-state index in [0.29, 0.717) is 18.9 Å². The molecule has 0 fully saturated rings. The molecule has 1 amide bonds. The molecule has 0 heterocycles. The first-order valence-corrected chi connectivity index (χ1v) is 7.06. The maximum Gasteiger partial charge on any atom is 0.220 e. The van der Waals surface area contributed by atoms with Crippen LogP contribution in [0.3, 0.4) is 0 Å². The fourth-order valence-corrected chi connectivity index (χ4v) is 2.22. The molecule has 0 aromatic heterocycles. The van der Waals surface area contributed by atoms with Gasteiger partial charge < -0.3 is 11.1 Å². The number of nitrogens with two attached hydrogens (primary N) is 1. The zero-order valence-corrected chi connectivity index (χ0v) is 12.3. The first kappa shape index (κ1) is 15.7. The quantitative estimate of drug-likeness (QED) is 0.793. The monoisotopic (exact) mass is 262 g/mol. The Morgan fingerprint density at radius 3 is 2.58 bits per heavy atom. The summed E-state index contributed by atoms with van der Waals surface area (Å²) in [7, 11) is 0. The molecule has 0 saturated heterocycles. The van der Waals surface area contributed by atoms with E-state index in [4.69, 9.17) is 5.73 Å². The molecular formula is C16H26N2O. The van der Waals surface area contributed by atoms with Crippen LogP contribution in [0.15, 0.2) is 24.3 Å². The van der Waals surface area contributed by atoms with Crippen LogP contribution in [0.1, 0.15) is 37.8 Å². The molecule has 19 heavy (non-hydrogen) atoms. The molecule has 0 saturated carbocycles. The van der Waals surface area contributed by atoms with Crippen LogP contribution < -0.4 is 11.1 Å². The van der Waals surface area contributed by atoms with E-state index >= 15 is 0 Å². The van der Waals surface area contributed by atoms with Crippen molar-refractivity contribution in [2.45, 2.75) is 46.1 Å². The number of benzene rings is 1. The number of hydrogen-bond acceptors (Lipinski definition) is 2. The molecular weight excluding hydrogens is 236 g/mol. The van der Waals surface area contributed by atoms with Crippen LogP contribution in [0.2, 0.25) is 0 Å². The minimum atomic E-state index is 0.0966. The largest absolute Gasteiger partial charge is 0.352 e. The van der Waals surface area contributed by atoms with E-state index in [0.717, 1.165) is 12.8 Å². The van der Waals surface area contributed by atoms with Crippen molar-refractivity contribution >= 4 is 5.91 Å². The highest BCUT2D eigenvalue weighted by atomic mass is 16.1. The second-order valence-corrected chi connectivity index (χ2v) is 5.56. The van der Waals surface area contributed by atoms with Gasteiger partial charge in [0.25, 0.3) is 0 Å². The Balaban J connectivity index is 2.41. The molecule has 106 valence electrons. The molecule has 0 aliphatic carbocycles. The standard InChI is InChI=1S/C16H26N2O/c1-12(2)10-15(11-17)18-16(19)9-8-14-7-5-4-6-13(14)3/h4-7,12,15H,8-11,17H2,1-3H3,(H,18,19). The smallest absolute Gasteiger partial charge is 0.220 e. The van der Waals surface area contributed by atoms with Crippen molar-refractivity contribution in [1.29, 1.82) is 0 Å². The molecule has 1 rings (SSSR count). The van der Waals surface area contributed by atoms with Gasteiger partial charge in [-0.05, 0) is 36.8 Å². The van der Waals surface area contributed by atoms with Gasteiger partial charge in [0, 0.05) is 19.0 Å². The SMILES string of the molecule is Cc1ccccc1CCC(=O)NC(CN)CC(C)C. The van der Waals surface area contributed by atoms with Crippen LogP contribution in [0.25, 0.3) is 0 Å². The Kier molecular flexibility index (Phi) is 6.57. The molecule has 3 nitrogen and oxygen atoms in total. The fraction of sp³-hybridized carbons (Fsp3) is 0.562. The lowest BCUT2D eigenvalue weighted by molar-refractivity contribution is -0.121. The van der Waals surface area contributed by atoms with E-state index in [1.54, 1.807) is 0 Å². The van der Waals surface area contributed by atoms with E-state index in [1.165, 1.54) is 11.1 Å². The zero-order valence-electron chi connectivity index (χ0n) is 12.3. The van der Waals surface area contributed by atoms with Gasteiger partial charge in [-0.25, -0.2) is 0 Å². The summed E-state index contributed by atoms with van der Waals surface area (Å²) in [6.07, 6.45) is 2.25. The Morgan fingerprint density at radius 2 is 2.00 bits per heavy atom. The second kappa shape index (κ2) is 7.95. The van der Waals surface area contributed by atoms with Crippen LogP contribution in [-0.2, 0) is 11.2 Å². The number of nitrogens with one attached hydrogen (secondary N) is 1. The lowest BCUT2D eigenvalue weighted by atomic mass is 10.0. The van der Waals surface area contributed by atoms with Gasteiger partial charge in [0.1, 0.15) is 0 Å². The van der Waals surface area contributed by atoms with Crippen molar-refractivity contribution in [3.8, 4) is 0 Å². The third-order valence-electron chi connectivity index (χ3n) is 3.29. The number of hydrogen-bond donors (Lipinski definition) is 2. The highest BCUT2D eigenvalue weighted by Crippen LogP contribution is 2.10. The second-order valence-electron chi connectivity index (χ2n) is 5.56. The normalized spacial score (nSPS) is 12.5. The van der Waals surface area contributed by atoms with Crippen LogP contribution in [-0.4, -0.2) is 18.5 Å². The highest BCUT2D eigenvalue weighted by Gasteiger charge is 2.12. The third kappa shape index (κ3) is 5.88. The predicted molar refractivity (Wildman–Crippen MR) is 79.9 cm³/mol. The first-order valence-electron chi connectivity index (χ1n) is 7.06. The topological polar surface area (TPSA) is 55.1 Å². The van der Waals surface area contributed by atoms with Gasteiger partial charge in [-0.1, -0.05) is 38.1 Å². The average molecular weight is 262 g/mol. The summed E-state index contributed by atoms with van der Waals surface area (Å²) in [4.78, 5) is 11.9. The number of amides is 1. The number of aryl methyl sites for hydroxylation is 2. The summed E-state index contributed by atoms with van der Waals surface area (Å²) in [5.74, 6) is 0.643. The van der Waals surface area contributed by atoms with Crippen LogP contribution in [0, 0.1) is 12.8 Å². The van der Waals surface area contributed by atoms with E-state index in [-0.39, 0.29) is 11.9 Å². The van der Waals surface area contributed by atoms with Crippen LogP contribution in [0.4, 0.5) is 0 Å². The van der Waals surface area contributed by atoms with Gasteiger partial charge >= 0.3 is 0 Å². The molecule has 0 radical (unpaired) electrons. The number of carbonyl (C=O) groups is 1. The van der Waals surface area contributed by atoms with Crippen LogP contribution in [0.5, 0.6) is 0 Å². The minimum Gasteiger partial charge on any atom is -0.352 e. The maximum absolute atomic E-state index is 11.9. The van der Waals surface area contributed by atoms with E-state index in [2.05, 4.69) is 38.2 Å². The van der Waals surface area contributed by atoms with Crippen LogP contribution >= 0.6 is 0 Å². The summed E-state index contributed by atoms with van der Waals surface area (Å²) < 4.78 is 0. The predicted octanol–water partition coefficient (Wildman–Crippen LogP) is 2.42. The van der Waals surface area contributed by atoms with Gasteiger partial charge in [-0.3, -0.25) is 4.79 Å². The minimum absolute atomic E-state index is 0.0966. The lowest BCUT2D eigenvalue weighted by Crippen LogP contribution is -2.41. The average Bonchev–Trinajstić information content (AvgIpc) is 2.36. The molecule has 0 aliphatic heterocycles. The molecule has 1 aromatic rings. The molecule has 1 aromatic carbocycles. The molecule has 1 unspecified atom stereocenters. The van der Waals surface area contributed by atoms with E-state index in [1.807, 2.05) is 12.1 Å². The number of carbonyl (C=O) groups excluding carboxylic acids is 1. The van der Waals surface area contributed by atoms with E-state index < -0.39 is 0 Å². The first-order chi connectivity index (χ1) is 9.02. The molecule has 3 N–H and O–H groups in total. The molecule has 0 bridgehead atoms. The van der Waals surface area contributed by atoms with Crippen molar-refractivity contribution < 1.29 is 4.79 Å². The molecule has 0 spiro atoms. The third-order valence-corrected chi connectivity index (χ3v) is 3.29. The fourth-order valence-electron chi connectivity index (χ4n) is 2.22. The Bertz CT molecular complexity index is 401. The van der Waals surface area contributed by atoms with Crippen molar-refractivity contribution in [2.75, 3.05) is 6.54 Å². The van der Waals surface area contributed by atoms with Gasteiger partial charge in [0.2, 0.25) is 5.91 Å². The molecule has 1 atom stereocenters. The number of rotatable bonds is 7. The Morgan fingerprint density at radius 1 is 1.32 bits per heavy atom. The summed E-state index contributed by atoms with van der Waals surface area (Å²) in [5, 5.41) is 3.02. The van der Waals surface area contributed by atoms with Gasteiger partial charge in [-0.15, -0.1) is 0 Å². The van der Waals surface area contributed by atoms with Crippen molar-refractivity contribution in [1.82, 2.24) is 5.32 Å². The van der Waals surface area contributed by atoms with Crippen molar-refractivity contribution in [2.24, 2.45) is 11.7 Å². The zero-order chi connectivity index (χ0) is 14.3. The van der Waals surface area contributed by atoms with Crippen molar-refractivity contribution in [3.05, 3.63) is 35.4 Å². The summed E-state index contributed by atoms with van der Waals surface area (Å²) >= 11 is 0. The van der Waals surface area contributed by atoms with Crippen molar-refractivity contribution in [3.63, 3.8) is 0 Å². The van der Waals surface area contributed by atoms with E-state index in [9.17, 15) is 4.79 Å². The summed E-state index contributed by atoms with van der Waals surface area (Å²) in [5.41, 5.74) is 8.17. The maximum atomic E-state index is 11.9. The summed E-state index contributed by atoms with van der Waals surface area (Å²) in [6, 6.07) is 8.30. The molecule has 0 aliphatic rings. The molecule has 3 heteroatoms. The lowest BCUT2D eigenvalue weighted by Gasteiger charge is -2.18.